The van der Waals surface area contributed by atoms with Crippen molar-refractivity contribution < 1.29 is 9.84 Å². The minimum atomic E-state index is -0.128. The third-order valence-corrected chi connectivity index (χ3v) is 4.38. The van der Waals surface area contributed by atoms with E-state index in [-0.39, 0.29) is 12.2 Å². The first kappa shape index (κ1) is 17.9. The number of aromatic nitrogens is 2. The summed E-state index contributed by atoms with van der Waals surface area (Å²) >= 11 is 0. The van der Waals surface area contributed by atoms with Gasteiger partial charge in [0.05, 0.1) is 13.7 Å². The highest BCUT2D eigenvalue weighted by atomic mass is 16.5. The molecule has 1 aromatic heterocycles. The molecule has 2 aromatic carbocycles. The van der Waals surface area contributed by atoms with Crippen molar-refractivity contribution in [3.63, 3.8) is 0 Å². The van der Waals surface area contributed by atoms with E-state index >= 15 is 0 Å². The third kappa shape index (κ3) is 3.53. The van der Waals surface area contributed by atoms with Gasteiger partial charge in [0.15, 0.2) is 0 Å². The van der Waals surface area contributed by atoms with Crippen LogP contribution in [-0.2, 0) is 13.0 Å². The van der Waals surface area contributed by atoms with Crippen LogP contribution in [0.3, 0.4) is 0 Å². The fourth-order valence-electron chi connectivity index (χ4n) is 3.06. The molecule has 0 saturated heterocycles. The average molecular weight is 350 g/mol. The van der Waals surface area contributed by atoms with Gasteiger partial charge in [0.2, 0.25) is 0 Å². The Kier molecular flexibility index (Phi) is 5.49. The van der Waals surface area contributed by atoms with Crippen LogP contribution in [0.2, 0.25) is 0 Å². The summed E-state index contributed by atoms with van der Waals surface area (Å²) in [5.74, 6) is 1.34. The molecular formula is C21H22N2O3. The second-order valence-electron chi connectivity index (χ2n) is 6.04. The standard InChI is InChI=1S/C21H22N2O3/c1-15-18(12-13-24)21(25)23(14-17-10-6-7-11-19(17)26-2)20(22-15)16-8-4-3-5-9-16/h3-11,24H,12-14H2,1-2H3. The summed E-state index contributed by atoms with van der Waals surface area (Å²) < 4.78 is 7.09. The number of benzene rings is 2. The molecule has 0 saturated carbocycles. The number of methoxy groups -OCH3 is 1. The van der Waals surface area contributed by atoms with Gasteiger partial charge in [0, 0.05) is 35.4 Å². The van der Waals surface area contributed by atoms with E-state index in [1.165, 1.54) is 0 Å². The van der Waals surface area contributed by atoms with Gasteiger partial charge in [0.25, 0.3) is 5.56 Å². The number of hydrogen-bond donors (Lipinski definition) is 1. The van der Waals surface area contributed by atoms with Gasteiger partial charge in [-0.25, -0.2) is 4.98 Å². The Morgan fingerprint density at radius 2 is 1.77 bits per heavy atom. The Morgan fingerprint density at radius 1 is 1.08 bits per heavy atom. The van der Waals surface area contributed by atoms with E-state index in [0.717, 1.165) is 16.9 Å². The van der Waals surface area contributed by atoms with Crippen molar-refractivity contribution in [3.05, 3.63) is 81.8 Å². The Hall–Kier alpha value is -2.92. The lowest BCUT2D eigenvalue weighted by atomic mass is 10.1. The SMILES string of the molecule is COc1ccccc1Cn1c(-c2ccccc2)nc(C)c(CCO)c1=O. The molecular weight excluding hydrogens is 328 g/mol. The van der Waals surface area contributed by atoms with Gasteiger partial charge < -0.3 is 9.84 Å². The van der Waals surface area contributed by atoms with Crippen LogP contribution >= 0.6 is 0 Å². The number of rotatable bonds is 6. The first-order valence-corrected chi connectivity index (χ1v) is 8.54. The second-order valence-corrected chi connectivity index (χ2v) is 6.04. The first-order valence-electron chi connectivity index (χ1n) is 8.54. The topological polar surface area (TPSA) is 64.3 Å². The monoisotopic (exact) mass is 350 g/mol. The summed E-state index contributed by atoms with van der Waals surface area (Å²) in [4.78, 5) is 17.8. The van der Waals surface area contributed by atoms with E-state index in [0.29, 0.717) is 30.0 Å². The highest BCUT2D eigenvalue weighted by molar-refractivity contribution is 5.56. The van der Waals surface area contributed by atoms with E-state index in [1.807, 2.05) is 61.5 Å². The fourth-order valence-corrected chi connectivity index (χ4v) is 3.06. The van der Waals surface area contributed by atoms with Gasteiger partial charge in [-0.15, -0.1) is 0 Å². The van der Waals surface area contributed by atoms with Crippen LogP contribution in [0.15, 0.2) is 59.4 Å². The van der Waals surface area contributed by atoms with Gasteiger partial charge >= 0.3 is 0 Å². The Labute approximate surface area is 152 Å². The van der Waals surface area contributed by atoms with Crippen LogP contribution in [0.25, 0.3) is 11.4 Å². The van der Waals surface area contributed by atoms with E-state index in [1.54, 1.807) is 11.7 Å². The minimum absolute atomic E-state index is 0.0862. The molecule has 3 rings (SSSR count). The first-order chi connectivity index (χ1) is 12.7. The molecule has 0 unspecified atom stereocenters. The van der Waals surface area contributed by atoms with Crippen LogP contribution in [0.4, 0.5) is 0 Å². The van der Waals surface area contributed by atoms with Crippen molar-refractivity contribution in [1.82, 2.24) is 9.55 Å². The molecule has 134 valence electrons. The summed E-state index contributed by atoms with van der Waals surface area (Å²) in [5, 5.41) is 9.32. The smallest absolute Gasteiger partial charge is 0.257 e. The highest BCUT2D eigenvalue weighted by Crippen LogP contribution is 2.22. The Morgan fingerprint density at radius 3 is 2.46 bits per heavy atom. The molecule has 0 radical (unpaired) electrons. The average Bonchev–Trinajstić information content (AvgIpc) is 2.68. The quantitative estimate of drug-likeness (QED) is 0.742. The summed E-state index contributed by atoms with van der Waals surface area (Å²) in [7, 11) is 1.62. The van der Waals surface area contributed by atoms with E-state index in [9.17, 15) is 9.90 Å². The molecule has 3 aromatic rings. The lowest BCUT2D eigenvalue weighted by Gasteiger charge is -2.17. The third-order valence-electron chi connectivity index (χ3n) is 4.38. The molecule has 0 fully saturated rings. The van der Waals surface area contributed by atoms with Gasteiger partial charge in [-0.2, -0.15) is 0 Å². The normalized spacial score (nSPS) is 10.7. The highest BCUT2D eigenvalue weighted by Gasteiger charge is 2.16. The predicted octanol–water partition coefficient (Wildman–Crippen LogP) is 2.81. The molecule has 0 bridgehead atoms. The zero-order chi connectivity index (χ0) is 18.5. The van der Waals surface area contributed by atoms with E-state index in [2.05, 4.69) is 4.98 Å². The van der Waals surface area contributed by atoms with Crippen LogP contribution in [0, 0.1) is 6.92 Å². The number of aliphatic hydroxyl groups excluding tert-OH is 1. The van der Waals surface area contributed by atoms with Crippen molar-refractivity contribution in [3.8, 4) is 17.1 Å². The van der Waals surface area contributed by atoms with Gasteiger partial charge in [-0.3, -0.25) is 9.36 Å². The number of para-hydroxylation sites is 1. The Balaban J connectivity index is 2.20. The zero-order valence-corrected chi connectivity index (χ0v) is 15.0. The van der Waals surface area contributed by atoms with Crippen LogP contribution < -0.4 is 10.3 Å². The number of aryl methyl sites for hydroxylation is 1. The molecule has 0 spiro atoms. The molecule has 0 aliphatic heterocycles. The molecule has 26 heavy (non-hydrogen) atoms. The number of nitrogens with zero attached hydrogens (tertiary/aromatic N) is 2. The fraction of sp³-hybridized carbons (Fsp3) is 0.238. The van der Waals surface area contributed by atoms with Gasteiger partial charge in [-0.1, -0.05) is 48.5 Å². The molecule has 5 nitrogen and oxygen atoms in total. The maximum Gasteiger partial charge on any atom is 0.257 e. The predicted molar refractivity (Wildman–Crippen MR) is 102 cm³/mol. The second kappa shape index (κ2) is 7.97. The lowest BCUT2D eigenvalue weighted by Crippen LogP contribution is -2.29. The van der Waals surface area contributed by atoms with E-state index < -0.39 is 0 Å². The minimum Gasteiger partial charge on any atom is -0.496 e. The van der Waals surface area contributed by atoms with Crippen molar-refractivity contribution in [1.29, 1.82) is 0 Å². The molecule has 1 heterocycles. The summed E-state index contributed by atoms with van der Waals surface area (Å²) in [6.45, 7) is 2.07. The van der Waals surface area contributed by atoms with Gasteiger partial charge in [0.1, 0.15) is 11.6 Å². The zero-order valence-electron chi connectivity index (χ0n) is 15.0. The maximum absolute atomic E-state index is 13.1. The van der Waals surface area contributed by atoms with Crippen molar-refractivity contribution in [2.75, 3.05) is 13.7 Å². The molecule has 1 N–H and O–H groups in total. The van der Waals surface area contributed by atoms with Crippen LogP contribution in [0.1, 0.15) is 16.8 Å². The largest absolute Gasteiger partial charge is 0.496 e. The Bertz CT molecular complexity index is 949. The molecule has 5 heteroatoms. The molecule has 0 amide bonds. The van der Waals surface area contributed by atoms with Crippen molar-refractivity contribution in [2.24, 2.45) is 0 Å². The number of hydrogen-bond acceptors (Lipinski definition) is 4. The maximum atomic E-state index is 13.1. The van der Waals surface area contributed by atoms with Crippen LogP contribution in [0.5, 0.6) is 5.75 Å². The van der Waals surface area contributed by atoms with E-state index in [4.69, 9.17) is 4.74 Å². The van der Waals surface area contributed by atoms with Crippen molar-refractivity contribution >= 4 is 0 Å². The molecule has 0 atom stereocenters. The van der Waals surface area contributed by atoms with Gasteiger partial charge in [-0.05, 0) is 13.0 Å². The lowest BCUT2D eigenvalue weighted by molar-refractivity contribution is 0.298. The summed E-state index contributed by atoms with van der Waals surface area (Å²) in [6.07, 6.45) is 0.290. The number of aliphatic hydroxyl groups is 1. The molecule has 0 aliphatic rings. The summed E-state index contributed by atoms with van der Waals surface area (Å²) in [5.41, 5.74) is 2.84. The molecule has 0 aliphatic carbocycles. The van der Waals surface area contributed by atoms with Crippen molar-refractivity contribution in [2.45, 2.75) is 19.9 Å². The summed E-state index contributed by atoms with van der Waals surface area (Å²) in [6, 6.07) is 17.3. The number of ether oxygens (including phenoxy) is 1. The van der Waals surface area contributed by atoms with Crippen LogP contribution in [-0.4, -0.2) is 28.4 Å².